The fraction of sp³-hybridized carbons (Fsp3) is 0.667. The van der Waals surface area contributed by atoms with Gasteiger partial charge >= 0.3 is 23.9 Å². The predicted molar refractivity (Wildman–Crippen MR) is 127 cm³/mol. The van der Waals surface area contributed by atoms with E-state index in [2.05, 4.69) is 26.0 Å². The third-order valence-electron chi connectivity index (χ3n) is 5.09. The van der Waals surface area contributed by atoms with Crippen LogP contribution in [0.2, 0.25) is 0 Å². The van der Waals surface area contributed by atoms with Crippen molar-refractivity contribution in [2.45, 2.75) is 82.3 Å². The van der Waals surface area contributed by atoms with Gasteiger partial charge in [-0.3, -0.25) is 19.2 Å². The first-order valence-electron chi connectivity index (χ1n) is 11.7. The number of carbonyl (C=O) groups is 7. The largest absolute Gasteiger partial charge is 0.481 e. The fourth-order valence-corrected chi connectivity index (χ4v) is 3.08. The second-order valence-electron chi connectivity index (χ2n) is 8.15. The molecule has 3 amide bonds. The molecule has 0 aromatic carbocycles. The normalized spacial score (nSPS) is 12.6. The van der Waals surface area contributed by atoms with Crippen LogP contribution in [-0.4, -0.2) is 86.7 Å². The molecule has 0 spiro atoms. The zero-order valence-electron chi connectivity index (χ0n) is 20.5. The summed E-state index contributed by atoms with van der Waals surface area (Å²) in [4.78, 5) is 83.3. The molecular weight excluding hydrogens is 512 g/mol. The maximum Gasteiger partial charge on any atom is 0.326 e. The highest BCUT2D eigenvalue weighted by Crippen LogP contribution is 2.06. The van der Waals surface area contributed by atoms with Crippen molar-refractivity contribution in [3.05, 3.63) is 10.4 Å². The van der Waals surface area contributed by atoms with Gasteiger partial charge in [0.25, 0.3) is 0 Å². The van der Waals surface area contributed by atoms with Crippen molar-refractivity contribution < 1.29 is 54.0 Å². The van der Waals surface area contributed by atoms with Gasteiger partial charge in [0.15, 0.2) is 0 Å². The molecule has 17 heteroatoms. The third kappa shape index (κ3) is 16.3. The summed E-state index contributed by atoms with van der Waals surface area (Å²) in [5.74, 6) is -7.88. The highest BCUT2D eigenvalue weighted by Gasteiger charge is 2.26. The molecule has 0 heterocycles. The highest BCUT2D eigenvalue weighted by molar-refractivity contribution is 5.87. The Morgan fingerprint density at radius 3 is 1.37 bits per heavy atom. The number of carboxylic acids is 4. The van der Waals surface area contributed by atoms with E-state index in [1.54, 1.807) is 0 Å². The zero-order valence-corrected chi connectivity index (χ0v) is 20.5. The smallest absolute Gasteiger partial charge is 0.326 e. The Balaban J connectivity index is 4.67. The molecule has 0 bridgehead atoms. The van der Waals surface area contributed by atoms with Gasteiger partial charge in [-0.1, -0.05) is 11.5 Å². The van der Waals surface area contributed by atoms with E-state index in [9.17, 15) is 43.8 Å². The summed E-state index contributed by atoms with van der Waals surface area (Å²) in [6.45, 7) is 0.280. The van der Waals surface area contributed by atoms with E-state index in [1.165, 1.54) is 0 Å². The van der Waals surface area contributed by atoms with Crippen molar-refractivity contribution in [2.75, 3.05) is 6.54 Å². The monoisotopic (exact) mass is 544 g/mol. The average molecular weight is 545 g/mol. The summed E-state index contributed by atoms with van der Waals surface area (Å²) in [5, 5.41) is 46.2. The molecule has 0 rings (SSSR count). The van der Waals surface area contributed by atoms with Gasteiger partial charge in [0.1, 0.15) is 18.1 Å². The summed E-state index contributed by atoms with van der Waals surface area (Å²) in [6.07, 6.45) is -0.986. The topological polar surface area (TPSA) is 285 Å². The van der Waals surface area contributed by atoms with Gasteiger partial charge in [0.05, 0.1) is 0 Å². The van der Waals surface area contributed by atoms with Crippen molar-refractivity contribution in [2.24, 2.45) is 5.11 Å². The number of carboxylic acid groups (broad SMARTS) is 4. The van der Waals surface area contributed by atoms with Crippen molar-refractivity contribution in [3.63, 3.8) is 0 Å². The minimum absolute atomic E-state index is 0.0223. The number of nitrogens with zero attached hydrogens (tertiary/aromatic N) is 3. The highest BCUT2D eigenvalue weighted by atomic mass is 16.4. The molecule has 17 nitrogen and oxygen atoms in total. The second kappa shape index (κ2) is 18.8. The van der Waals surface area contributed by atoms with Crippen LogP contribution in [0.3, 0.4) is 0 Å². The lowest BCUT2D eigenvalue weighted by Gasteiger charge is -2.18. The Morgan fingerprint density at radius 1 is 0.605 bits per heavy atom. The lowest BCUT2D eigenvalue weighted by atomic mass is 10.1. The Hall–Kier alpha value is -4.40. The lowest BCUT2D eigenvalue weighted by Crippen LogP contribution is -2.45. The molecule has 38 heavy (non-hydrogen) atoms. The molecule has 0 aromatic rings. The number of amides is 3. The number of hydrogen-bond donors (Lipinski definition) is 7. The van der Waals surface area contributed by atoms with Gasteiger partial charge in [0, 0.05) is 37.1 Å². The fourth-order valence-electron chi connectivity index (χ4n) is 3.08. The molecule has 0 aliphatic carbocycles. The Labute approximate surface area is 216 Å². The first-order valence-corrected chi connectivity index (χ1v) is 11.7. The quantitative estimate of drug-likeness (QED) is 0.0436. The van der Waals surface area contributed by atoms with Crippen LogP contribution in [0.4, 0.5) is 0 Å². The van der Waals surface area contributed by atoms with Gasteiger partial charge in [-0.15, -0.1) is 0 Å². The molecule has 0 aromatic heterocycles. The number of carbonyl (C=O) groups excluding carboxylic acids is 3. The number of azide groups is 1. The minimum Gasteiger partial charge on any atom is -0.481 e. The molecule has 0 aliphatic rings. The molecule has 7 N–H and O–H groups in total. The van der Waals surface area contributed by atoms with E-state index in [4.69, 9.17) is 15.7 Å². The van der Waals surface area contributed by atoms with E-state index >= 15 is 0 Å². The molecule has 3 unspecified atom stereocenters. The summed E-state index contributed by atoms with van der Waals surface area (Å²) < 4.78 is 0. The number of unbranched alkanes of at least 4 members (excludes halogenated alkanes) is 2. The minimum atomic E-state index is -1.54. The predicted octanol–water partition coefficient (Wildman–Crippen LogP) is -0.00950. The summed E-state index contributed by atoms with van der Waals surface area (Å²) in [5.41, 5.74) is 8.18. The second-order valence-corrected chi connectivity index (χ2v) is 8.15. The van der Waals surface area contributed by atoms with Gasteiger partial charge in [-0.05, 0) is 37.6 Å². The van der Waals surface area contributed by atoms with Crippen LogP contribution in [0.1, 0.15) is 64.2 Å². The summed E-state index contributed by atoms with van der Waals surface area (Å²) in [7, 11) is 0. The van der Waals surface area contributed by atoms with E-state index in [0.29, 0.717) is 19.3 Å². The molecule has 0 aliphatic heterocycles. The van der Waals surface area contributed by atoms with Gasteiger partial charge in [-0.25, -0.2) is 14.4 Å². The first-order chi connectivity index (χ1) is 17.9. The van der Waals surface area contributed by atoms with Crippen LogP contribution in [0.25, 0.3) is 10.4 Å². The summed E-state index contributed by atoms with van der Waals surface area (Å²) >= 11 is 0. The van der Waals surface area contributed by atoms with Crippen molar-refractivity contribution in [1.29, 1.82) is 0 Å². The third-order valence-corrected chi connectivity index (χ3v) is 5.09. The molecule has 0 saturated heterocycles. The number of aliphatic carboxylic acids is 4. The molecule has 0 radical (unpaired) electrons. The lowest BCUT2D eigenvalue weighted by molar-refractivity contribution is -0.144. The van der Waals surface area contributed by atoms with E-state index in [1.807, 2.05) is 0 Å². The van der Waals surface area contributed by atoms with E-state index in [0.717, 1.165) is 0 Å². The van der Waals surface area contributed by atoms with Crippen LogP contribution in [0.5, 0.6) is 0 Å². The van der Waals surface area contributed by atoms with Crippen molar-refractivity contribution in [3.8, 4) is 0 Å². The van der Waals surface area contributed by atoms with Crippen molar-refractivity contribution >= 4 is 41.6 Å². The van der Waals surface area contributed by atoms with Crippen LogP contribution in [0, 0.1) is 0 Å². The van der Waals surface area contributed by atoms with Crippen LogP contribution < -0.4 is 16.0 Å². The Kier molecular flexibility index (Phi) is 16.6. The molecule has 3 atom stereocenters. The number of rotatable bonds is 21. The SMILES string of the molecule is [N-]=[N+]=NCCCCCC(=O)NC(CCC(=O)NC(CCC(=O)NC(CCC(=O)O)C(=O)O)C(=O)O)C(=O)O. The van der Waals surface area contributed by atoms with Gasteiger partial charge < -0.3 is 36.4 Å². The van der Waals surface area contributed by atoms with Gasteiger partial charge in [0.2, 0.25) is 17.7 Å². The maximum absolute atomic E-state index is 12.2. The van der Waals surface area contributed by atoms with Crippen molar-refractivity contribution in [1.82, 2.24) is 16.0 Å². The standard InChI is InChI=1S/C21H32N6O11/c22-27-23-11-3-1-2-4-15(28)24-12(19(33)34)5-8-16(29)25-13(20(35)36)6-9-17(30)26-14(21(37)38)7-10-18(31)32/h12-14H,1-11H2,(H,24,28)(H,25,29)(H,26,30)(H,31,32)(H,33,34)(H,35,36)(H,37,38). The average Bonchev–Trinajstić information content (AvgIpc) is 2.83. The van der Waals surface area contributed by atoms with Crippen LogP contribution in [-0.2, 0) is 33.6 Å². The molecule has 0 fully saturated rings. The molecule has 212 valence electrons. The summed E-state index contributed by atoms with van der Waals surface area (Å²) in [6, 6.07) is -4.43. The van der Waals surface area contributed by atoms with Gasteiger partial charge in [-0.2, -0.15) is 0 Å². The zero-order chi connectivity index (χ0) is 29.1. The van der Waals surface area contributed by atoms with E-state index < -0.39 is 85.4 Å². The molecule has 0 saturated carbocycles. The first kappa shape index (κ1) is 33.6. The Morgan fingerprint density at radius 2 is 1.00 bits per heavy atom. The van der Waals surface area contributed by atoms with Crippen LogP contribution >= 0.6 is 0 Å². The number of hydrogen-bond acceptors (Lipinski definition) is 8. The Bertz CT molecular complexity index is 919. The number of nitrogens with one attached hydrogen (secondary N) is 3. The van der Waals surface area contributed by atoms with Crippen LogP contribution in [0.15, 0.2) is 5.11 Å². The van der Waals surface area contributed by atoms with E-state index in [-0.39, 0.29) is 25.8 Å². The molecular formula is C21H32N6O11. The maximum atomic E-state index is 12.2.